The summed E-state index contributed by atoms with van der Waals surface area (Å²) in [6, 6.07) is 0.0832. The lowest BCUT2D eigenvalue weighted by Crippen LogP contribution is -2.33. The van der Waals surface area contributed by atoms with Crippen LogP contribution in [0.5, 0.6) is 0 Å². The summed E-state index contributed by atoms with van der Waals surface area (Å²) in [7, 11) is 0. The summed E-state index contributed by atoms with van der Waals surface area (Å²) < 4.78 is 22.6. The second-order valence-corrected chi connectivity index (χ2v) is 3.71. The minimum absolute atomic E-state index is 0.0832. The predicted molar refractivity (Wildman–Crippen MR) is 45.7 cm³/mol. The Labute approximate surface area is 71.2 Å². The molecular formula is C7H16NO2S-. The summed E-state index contributed by atoms with van der Waals surface area (Å²) in [4.78, 5) is 0. The van der Waals surface area contributed by atoms with Gasteiger partial charge in [0, 0.05) is 23.9 Å². The zero-order valence-electron chi connectivity index (χ0n) is 7.37. The highest BCUT2D eigenvalue weighted by Gasteiger charge is 2.07. The van der Waals surface area contributed by atoms with E-state index in [1.165, 1.54) is 4.31 Å². The zero-order chi connectivity index (χ0) is 8.85. The van der Waals surface area contributed by atoms with E-state index in [-0.39, 0.29) is 6.04 Å². The molecule has 3 nitrogen and oxygen atoms in total. The quantitative estimate of drug-likeness (QED) is 0.595. The SMILES string of the molecule is CCCCN(C(C)C)S(=O)[O-]. The van der Waals surface area contributed by atoms with Gasteiger partial charge in [0.15, 0.2) is 0 Å². The third-order valence-corrected chi connectivity index (χ3v) is 2.49. The molecule has 0 aliphatic heterocycles. The topological polar surface area (TPSA) is 43.4 Å². The lowest BCUT2D eigenvalue weighted by molar-refractivity contribution is 0.333. The molecule has 0 aliphatic carbocycles. The van der Waals surface area contributed by atoms with Crippen molar-refractivity contribution in [3.8, 4) is 0 Å². The van der Waals surface area contributed by atoms with Gasteiger partial charge >= 0.3 is 0 Å². The van der Waals surface area contributed by atoms with Crippen molar-refractivity contribution in [3.05, 3.63) is 0 Å². The number of nitrogens with zero attached hydrogens (tertiary/aromatic N) is 1. The van der Waals surface area contributed by atoms with Crippen LogP contribution in [0.2, 0.25) is 0 Å². The number of hydrogen-bond acceptors (Lipinski definition) is 2. The lowest BCUT2D eigenvalue weighted by atomic mass is 10.3. The molecule has 0 radical (unpaired) electrons. The molecule has 0 aromatic rings. The second-order valence-electron chi connectivity index (χ2n) is 2.81. The summed E-state index contributed by atoms with van der Waals surface area (Å²) in [5.74, 6) is 0. The Kier molecular flexibility index (Phi) is 5.72. The Morgan fingerprint density at radius 3 is 2.36 bits per heavy atom. The highest BCUT2D eigenvalue weighted by molar-refractivity contribution is 7.76. The van der Waals surface area contributed by atoms with E-state index in [1.54, 1.807) is 0 Å². The van der Waals surface area contributed by atoms with Crippen LogP contribution in [-0.2, 0) is 11.3 Å². The molecule has 0 aromatic heterocycles. The van der Waals surface area contributed by atoms with Crippen LogP contribution in [-0.4, -0.2) is 25.7 Å². The van der Waals surface area contributed by atoms with Crippen molar-refractivity contribution in [2.24, 2.45) is 0 Å². The van der Waals surface area contributed by atoms with Crippen LogP contribution < -0.4 is 0 Å². The second kappa shape index (κ2) is 5.69. The average Bonchev–Trinajstić information content (AvgIpc) is 1.87. The molecule has 11 heavy (non-hydrogen) atoms. The van der Waals surface area contributed by atoms with Crippen molar-refractivity contribution >= 4 is 11.3 Å². The van der Waals surface area contributed by atoms with Gasteiger partial charge in [-0.2, -0.15) is 0 Å². The highest BCUT2D eigenvalue weighted by atomic mass is 32.2. The van der Waals surface area contributed by atoms with Crippen LogP contribution in [0.4, 0.5) is 0 Å². The van der Waals surface area contributed by atoms with E-state index in [4.69, 9.17) is 0 Å². The summed E-state index contributed by atoms with van der Waals surface area (Å²) in [5, 5.41) is 0. The minimum Gasteiger partial charge on any atom is -0.760 e. The monoisotopic (exact) mass is 178 g/mol. The molecule has 0 aromatic carbocycles. The predicted octanol–water partition coefficient (Wildman–Crippen LogP) is 1.29. The van der Waals surface area contributed by atoms with Crippen LogP contribution in [0.3, 0.4) is 0 Å². The largest absolute Gasteiger partial charge is 0.760 e. The molecule has 0 spiro atoms. The molecule has 0 heterocycles. The molecule has 0 saturated carbocycles. The normalized spacial score (nSPS) is 14.4. The molecule has 0 fully saturated rings. The van der Waals surface area contributed by atoms with Gasteiger partial charge in [-0.05, 0) is 20.3 Å². The summed E-state index contributed by atoms with van der Waals surface area (Å²) in [6.07, 6.45) is 1.96. The molecule has 0 amide bonds. The van der Waals surface area contributed by atoms with Gasteiger partial charge in [0.2, 0.25) is 0 Å². The maximum absolute atomic E-state index is 10.6. The Morgan fingerprint density at radius 2 is 2.09 bits per heavy atom. The lowest BCUT2D eigenvalue weighted by Gasteiger charge is -2.27. The van der Waals surface area contributed by atoms with Crippen molar-refractivity contribution in [1.29, 1.82) is 0 Å². The molecule has 0 saturated heterocycles. The minimum atomic E-state index is -2.05. The van der Waals surface area contributed by atoms with Gasteiger partial charge in [-0.1, -0.05) is 13.3 Å². The molecule has 0 bridgehead atoms. The van der Waals surface area contributed by atoms with Gasteiger partial charge in [-0.25, -0.2) is 4.31 Å². The van der Waals surface area contributed by atoms with Crippen LogP contribution in [0, 0.1) is 0 Å². The van der Waals surface area contributed by atoms with E-state index in [2.05, 4.69) is 0 Å². The molecule has 4 heteroatoms. The summed E-state index contributed by atoms with van der Waals surface area (Å²) >= 11 is -2.05. The van der Waals surface area contributed by atoms with Crippen LogP contribution in [0.15, 0.2) is 0 Å². The van der Waals surface area contributed by atoms with Crippen molar-refractivity contribution in [2.45, 2.75) is 39.7 Å². The van der Waals surface area contributed by atoms with Gasteiger partial charge in [-0.3, -0.25) is 4.21 Å². The molecule has 0 N–H and O–H groups in total. The zero-order valence-corrected chi connectivity index (χ0v) is 8.19. The fourth-order valence-electron chi connectivity index (χ4n) is 0.819. The van der Waals surface area contributed by atoms with Gasteiger partial charge in [0.05, 0.1) is 0 Å². The van der Waals surface area contributed by atoms with Crippen LogP contribution in [0.1, 0.15) is 33.6 Å². The molecule has 68 valence electrons. The van der Waals surface area contributed by atoms with E-state index in [0.717, 1.165) is 12.8 Å². The first kappa shape index (κ1) is 11.1. The summed E-state index contributed by atoms with van der Waals surface area (Å²) in [5.41, 5.74) is 0. The maximum Gasteiger partial charge on any atom is 0.0211 e. The molecule has 0 rings (SSSR count). The Morgan fingerprint density at radius 1 is 1.55 bits per heavy atom. The Bertz CT molecular complexity index is 128. The summed E-state index contributed by atoms with van der Waals surface area (Å²) in [6.45, 7) is 6.45. The van der Waals surface area contributed by atoms with Gasteiger partial charge in [-0.15, -0.1) is 0 Å². The van der Waals surface area contributed by atoms with E-state index >= 15 is 0 Å². The van der Waals surface area contributed by atoms with E-state index in [9.17, 15) is 8.76 Å². The number of rotatable bonds is 5. The standard InChI is InChI=1S/C7H17NO2S/c1-4-5-6-8(7(2)3)11(9)10/h7H,4-6H2,1-3H3,(H,9,10)/p-1. The molecule has 0 aliphatic rings. The van der Waals surface area contributed by atoms with E-state index in [1.807, 2.05) is 20.8 Å². The van der Waals surface area contributed by atoms with E-state index < -0.39 is 11.3 Å². The van der Waals surface area contributed by atoms with Crippen molar-refractivity contribution < 1.29 is 8.76 Å². The molecular weight excluding hydrogens is 162 g/mol. The number of unbranched alkanes of at least 4 members (excludes halogenated alkanes) is 1. The van der Waals surface area contributed by atoms with Gasteiger partial charge < -0.3 is 4.55 Å². The van der Waals surface area contributed by atoms with Crippen molar-refractivity contribution in [3.63, 3.8) is 0 Å². The molecule has 1 unspecified atom stereocenters. The Balaban J connectivity index is 3.80. The smallest absolute Gasteiger partial charge is 0.0211 e. The fraction of sp³-hybridized carbons (Fsp3) is 1.00. The highest BCUT2D eigenvalue weighted by Crippen LogP contribution is 2.02. The fourth-order valence-corrected chi connectivity index (χ4v) is 1.44. The third kappa shape index (κ3) is 4.50. The Hall–Kier alpha value is 0.0700. The van der Waals surface area contributed by atoms with Crippen LogP contribution >= 0.6 is 0 Å². The van der Waals surface area contributed by atoms with Gasteiger partial charge in [0.25, 0.3) is 0 Å². The van der Waals surface area contributed by atoms with Crippen molar-refractivity contribution in [2.75, 3.05) is 6.54 Å². The first-order valence-electron chi connectivity index (χ1n) is 3.95. The van der Waals surface area contributed by atoms with Gasteiger partial charge in [0.1, 0.15) is 0 Å². The van der Waals surface area contributed by atoms with E-state index in [0.29, 0.717) is 6.54 Å². The van der Waals surface area contributed by atoms with Crippen LogP contribution in [0.25, 0.3) is 0 Å². The first-order valence-corrected chi connectivity index (χ1v) is 4.98. The molecule has 1 atom stereocenters. The number of hydrogen-bond donors (Lipinski definition) is 0. The first-order chi connectivity index (χ1) is 5.09. The van der Waals surface area contributed by atoms with Crippen molar-refractivity contribution in [1.82, 2.24) is 4.31 Å². The third-order valence-electron chi connectivity index (χ3n) is 1.50. The average molecular weight is 178 g/mol. The maximum atomic E-state index is 10.6.